The maximum absolute atomic E-state index is 5.08. The van der Waals surface area contributed by atoms with Gasteiger partial charge < -0.3 is 9.47 Å². The molecule has 0 aromatic heterocycles. The van der Waals surface area contributed by atoms with E-state index in [1.807, 2.05) is 24.3 Å². The van der Waals surface area contributed by atoms with Gasteiger partial charge in [-0.25, -0.2) is 0 Å². The summed E-state index contributed by atoms with van der Waals surface area (Å²) in [5.41, 5.74) is 2.21. The van der Waals surface area contributed by atoms with E-state index in [0.29, 0.717) is 13.2 Å². The van der Waals surface area contributed by atoms with Crippen molar-refractivity contribution in [3.63, 3.8) is 0 Å². The van der Waals surface area contributed by atoms with Gasteiger partial charge in [0.05, 0.1) is 12.5 Å². The molecule has 0 N–H and O–H groups in total. The van der Waals surface area contributed by atoms with Crippen LogP contribution in [0.1, 0.15) is 11.1 Å². The van der Waals surface area contributed by atoms with Crippen LogP contribution in [0.4, 0.5) is 0 Å². The van der Waals surface area contributed by atoms with Crippen molar-refractivity contribution in [1.29, 1.82) is 0 Å². The van der Waals surface area contributed by atoms with Crippen LogP contribution in [0.3, 0.4) is 0 Å². The van der Waals surface area contributed by atoms with Crippen LogP contribution in [0.15, 0.2) is 49.9 Å². The van der Waals surface area contributed by atoms with Crippen molar-refractivity contribution in [3.05, 3.63) is 61.1 Å². The first kappa shape index (κ1) is 10.4. The SMILES string of the molecule is C=COCc1cccc(COC=C)c1. The Balaban J connectivity index is 2.58. The third-order valence-electron chi connectivity index (χ3n) is 1.73. The van der Waals surface area contributed by atoms with Gasteiger partial charge in [0.2, 0.25) is 0 Å². The first-order valence-corrected chi connectivity index (χ1v) is 4.39. The van der Waals surface area contributed by atoms with Crippen LogP contribution < -0.4 is 0 Å². The second-order valence-corrected chi connectivity index (χ2v) is 2.78. The van der Waals surface area contributed by atoms with Crippen LogP contribution in [-0.2, 0) is 22.7 Å². The van der Waals surface area contributed by atoms with Gasteiger partial charge in [0, 0.05) is 0 Å². The minimum absolute atomic E-state index is 0.547. The van der Waals surface area contributed by atoms with Crippen molar-refractivity contribution in [2.75, 3.05) is 0 Å². The predicted molar refractivity (Wildman–Crippen MR) is 56.4 cm³/mol. The molecule has 0 bridgehead atoms. The van der Waals surface area contributed by atoms with Gasteiger partial charge in [0.25, 0.3) is 0 Å². The molecule has 0 heterocycles. The Morgan fingerprint density at radius 1 is 1.00 bits per heavy atom. The number of ether oxygens (including phenoxy) is 2. The van der Waals surface area contributed by atoms with E-state index in [0.717, 1.165) is 11.1 Å². The molecule has 74 valence electrons. The molecule has 1 aromatic carbocycles. The van der Waals surface area contributed by atoms with Gasteiger partial charge in [0.15, 0.2) is 0 Å². The lowest BCUT2D eigenvalue weighted by atomic mass is 10.1. The normalized spacial score (nSPS) is 9.14. The van der Waals surface area contributed by atoms with Crippen LogP contribution in [0.25, 0.3) is 0 Å². The summed E-state index contributed by atoms with van der Waals surface area (Å²) in [6.45, 7) is 8.07. The molecule has 0 saturated carbocycles. The Hall–Kier alpha value is -1.70. The molecule has 0 unspecified atom stereocenters. The van der Waals surface area contributed by atoms with Gasteiger partial charge in [-0.1, -0.05) is 31.4 Å². The Labute approximate surface area is 84.5 Å². The van der Waals surface area contributed by atoms with Crippen molar-refractivity contribution >= 4 is 0 Å². The second kappa shape index (κ2) is 5.86. The first-order valence-electron chi connectivity index (χ1n) is 4.39. The summed E-state index contributed by atoms with van der Waals surface area (Å²) >= 11 is 0. The lowest BCUT2D eigenvalue weighted by Crippen LogP contribution is -1.91. The number of hydrogen-bond acceptors (Lipinski definition) is 2. The number of rotatable bonds is 6. The summed E-state index contributed by atoms with van der Waals surface area (Å²) in [6, 6.07) is 8.01. The fourth-order valence-corrected chi connectivity index (χ4v) is 1.12. The topological polar surface area (TPSA) is 18.5 Å². The molecule has 2 heteroatoms. The average molecular weight is 190 g/mol. The summed E-state index contributed by atoms with van der Waals surface area (Å²) in [5, 5.41) is 0. The van der Waals surface area contributed by atoms with E-state index in [9.17, 15) is 0 Å². The molecule has 0 aliphatic carbocycles. The quantitative estimate of drug-likeness (QED) is 0.642. The monoisotopic (exact) mass is 190 g/mol. The molecule has 0 aliphatic heterocycles. The van der Waals surface area contributed by atoms with E-state index in [-0.39, 0.29) is 0 Å². The molecular weight excluding hydrogens is 176 g/mol. The summed E-state index contributed by atoms with van der Waals surface area (Å²) in [6.07, 6.45) is 2.87. The summed E-state index contributed by atoms with van der Waals surface area (Å²) in [4.78, 5) is 0. The summed E-state index contributed by atoms with van der Waals surface area (Å²) in [7, 11) is 0. The molecule has 0 amide bonds. The second-order valence-electron chi connectivity index (χ2n) is 2.78. The van der Waals surface area contributed by atoms with Gasteiger partial charge in [0.1, 0.15) is 13.2 Å². The molecule has 0 saturated heterocycles. The molecule has 1 aromatic rings. The van der Waals surface area contributed by atoms with E-state index in [1.165, 1.54) is 12.5 Å². The molecule has 0 atom stereocenters. The zero-order valence-corrected chi connectivity index (χ0v) is 8.11. The smallest absolute Gasteiger partial charge is 0.112 e. The largest absolute Gasteiger partial charge is 0.497 e. The van der Waals surface area contributed by atoms with Crippen molar-refractivity contribution in [2.45, 2.75) is 13.2 Å². The van der Waals surface area contributed by atoms with Gasteiger partial charge in [-0.05, 0) is 17.2 Å². The third-order valence-corrected chi connectivity index (χ3v) is 1.73. The van der Waals surface area contributed by atoms with E-state index in [2.05, 4.69) is 13.2 Å². The molecule has 2 nitrogen and oxygen atoms in total. The van der Waals surface area contributed by atoms with Gasteiger partial charge in [-0.15, -0.1) is 0 Å². The van der Waals surface area contributed by atoms with E-state index < -0.39 is 0 Å². The van der Waals surface area contributed by atoms with Gasteiger partial charge >= 0.3 is 0 Å². The fraction of sp³-hybridized carbons (Fsp3) is 0.167. The fourth-order valence-electron chi connectivity index (χ4n) is 1.12. The Morgan fingerprint density at radius 3 is 1.93 bits per heavy atom. The van der Waals surface area contributed by atoms with Gasteiger partial charge in [-0.2, -0.15) is 0 Å². The van der Waals surface area contributed by atoms with E-state index >= 15 is 0 Å². The predicted octanol–water partition coefficient (Wildman–Crippen LogP) is 3.01. The van der Waals surface area contributed by atoms with Crippen molar-refractivity contribution in [2.24, 2.45) is 0 Å². The highest BCUT2D eigenvalue weighted by Gasteiger charge is 1.95. The van der Waals surface area contributed by atoms with Crippen molar-refractivity contribution in [1.82, 2.24) is 0 Å². The van der Waals surface area contributed by atoms with Crippen LogP contribution >= 0.6 is 0 Å². The Kier molecular flexibility index (Phi) is 4.35. The molecule has 0 radical (unpaired) electrons. The molecule has 1 rings (SSSR count). The molecule has 0 fully saturated rings. The molecule has 0 spiro atoms. The zero-order chi connectivity index (χ0) is 10.2. The molecule has 14 heavy (non-hydrogen) atoms. The average Bonchev–Trinajstić information content (AvgIpc) is 2.24. The van der Waals surface area contributed by atoms with Gasteiger partial charge in [-0.3, -0.25) is 0 Å². The maximum Gasteiger partial charge on any atom is 0.112 e. The van der Waals surface area contributed by atoms with Crippen LogP contribution in [0, 0.1) is 0 Å². The minimum Gasteiger partial charge on any atom is -0.497 e. The van der Waals surface area contributed by atoms with E-state index in [1.54, 1.807) is 0 Å². The number of hydrogen-bond donors (Lipinski definition) is 0. The Bertz CT molecular complexity index is 278. The highest BCUT2D eigenvalue weighted by molar-refractivity contribution is 5.22. The van der Waals surface area contributed by atoms with Crippen LogP contribution in [0.2, 0.25) is 0 Å². The van der Waals surface area contributed by atoms with Crippen LogP contribution in [-0.4, -0.2) is 0 Å². The van der Waals surface area contributed by atoms with Crippen LogP contribution in [0.5, 0.6) is 0 Å². The number of benzene rings is 1. The molecular formula is C12H14O2. The maximum atomic E-state index is 5.08. The van der Waals surface area contributed by atoms with Crippen molar-refractivity contribution in [3.8, 4) is 0 Å². The summed E-state index contributed by atoms with van der Waals surface area (Å²) in [5.74, 6) is 0. The zero-order valence-electron chi connectivity index (χ0n) is 8.11. The highest BCUT2D eigenvalue weighted by atomic mass is 16.5. The summed E-state index contributed by atoms with van der Waals surface area (Å²) < 4.78 is 10.2. The molecule has 0 aliphatic rings. The standard InChI is InChI=1S/C12H14O2/c1-3-13-9-11-6-5-7-12(8-11)10-14-4-2/h3-8H,1-2,9-10H2. The third kappa shape index (κ3) is 3.35. The lowest BCUT2D eigenvalue weighted by molar-refractivity contribution is 0.232. The van der Waals surface area contributed by atoms with Crippen molar-refractivity contribution < 1.29 is 9.47 Å². The van der Waals surface area contributed by atoms with E-state index in [4.69, 9.17) is 9.47 Å². The first-order chi connectivity index (χ1) is 6.86. The highest BCUT2D eigenvalue weighted by Crippen LogP contribution is 2.08. The lowest BCUT2D eigenvalue weighted by Gasteiger charge is -2.04. The Morgan fingerprint density at radius 2 is 1.50 bits per heavy atom. The minimum atomic E-state index is 0.547.